The van der Waals surface area contributed by atoms with Crippen LogP contribution in [0.25, 0.3) is 0 Å². The SMILES string of the molecule is COc1ccc(C2Oc3c(OC)cc(C(=O)OCC[N+](C)(C)C)cc3C2C)cc1OC.O. The quantitative estimate of drug-likeness (QED) is 0.455. The van der Waals surface area contributed by atoms with Gasteiger partial charge in [-0.1, -0.05) is 13.0 Å². The van der Waals surface area contributed by atoms with Crippen molar-refractivity contribution in [2.75, 3.05) is 55.6 Å². The second kappa shape index (κ2) is 10.1. The van der Waals surface area contributed by atoms with Crippen molar-refractivity contribution < 1.29 is 38.4 Å². The Hall–Kier alpha value is -2.97. The number of methoxy groups -OCH3 is 3. The topological polar surface area (TPSA) is 94.7 Å². The van der Waals surface area contributed by atoms with Crippen molar-refractivity contribution in [3.8, 4) is 23.0 Å². The number of hydrogen-bond donors (Lipinski definition) is 0. The zero-order valence-electron chi connectivity index (χ0n) is 19.9. The molecule has 0 saturated carbocycles. The lowest BCUT2D eigenvalue weighted by Crippen LogP contribution is -2.38. The van der Waals surface area contributed by atoms with Crippen molar-refractivity contribution in [1.29, 1.82) is 0 Å². The number of benzene rings is 2. The molecule has 1 aliphatic rings. The molecule has 2 aromatic rings. The Kier molecular flexibility index (Phi) is 7.98. The summed E-state index contributed by atoms with van der Waals surface area (Å²) in [6.07, 6.45) is -0.242. The minimum absolute atomic E-state index is 0. The fourth-order valence-electron chi connectivity index (χ4n) is 3.63. The molecular weight excluding hydrogens is 414 g/mol. The van der Waals surface area contributed by atoms with Crippen LogP contribution < -0.4 is 18.9 Å². The molecule has 2 aromatic carbocycles. The molecule has 0 radical (unpaired) electrons. The van der Waals surface area contributed by atoms with Crippen LogP contribution in [-0.4, -0.2) is 71.6 Å². The first-order valence-electron chi connectivity index (χ1n) is 10.3. The molecule has 8 heteroatoms. The van der Waals surface area contributed by atoms with E-state index in [1.165, 1.54) is 0 Å². The van der Waals surface area contributed by atoms with Gasteiger partial charge in [-0.2, -0.15) is 0 Å². The van der Waals surface area contributed by atoms with Crippen molar-refractivity contribution in [3.05, 3.63) is 47.0 Å². The van der Waals surface area contributed by atoms with Gasteiger partial charge in [-0.15, -0.1) is 0 Å². The first-order chi connectivity index (χ1) is 14.7. The molecule has 1 heterocycles. The maximum Gasteiger partial charge on any atom is 0.338 e. The van der Waals surface area contributed by atoms with Crippen LogP contribution in [0.2, 0.25) is 0 Å². The predicted octanol–water partition coefficient (Wildman–Crippen LogP) is 2.99. The van der Waals surface area contributed by atoms with Gasteiger partial charge in [-0.25, -0.2) is 4.79 Å². The summed E-state index contributed by atoms with van der Waals surface area (Å²) in [7, 11) is 10.9. The second-order valence-electron chi connectivity index (χ2n) is 8.69. The van der Waals surface area contributed by atoms with Crippen molar-refractivity contribution in [3.63, 3.8) is 0 Å². The van der Waals surface area contributed by atoms with E-state index in [4.69, 9.17) is 23.7 Å². The number of carbonyl (C=O) groups is 1. The molecule has 32 heavy (non-hydrogen) atoms. The van der Waals surface area contributed by atoms with Crippen LogP contribution >= 0.6 is 0 Å². The van der Waals surface area contributed by atoms with E-state index in [2.05, 4.69) is 28.1 Å². The van der Waals surface area contributed by atoms with Crippen LogP contribution in [0, 0.1) is 0 Å². The van der Waals surface area contributed by atoms with E-state index >= 15 is 0 Å². The Balaban J connectivity index is 0.00000363. The summed E-state index contributed by atoms with van der Waals surface area (Å²) in [4.78, 5) is 12.7. The van der Waals surface area contributed by atoms with Crippen LogP contribution in [0.3, 0.4) is 0 Å². The zero-order chi connectivity index (χ0) is 22.8. The van der Waals surface area contributed by atoms with E-state index in [-0.39, 0.29) is 23.5 Å². The first-order valence-corrected chi connectivity index (χ1v) is 10.3. The van der Waals surface area contributed by atoms with E-state index in [1.807, 2.05) is 24.3 Å². The highest BCUT2D eigenvalue weighted by atomic mass is 16.5. The number of nitrogens with zero attached hydrogens (tertiary/aromatic N) is 1. The van der Waals surface area contributed by atoms with E-state index < -0.39 is 0 Å². The zero-order valence-corrected chi connectivity index (χ0v) is 19.9. The van der Waals surface area contributed by atoms with Crippen molar-refractivity contribution in [2.24, 2.45) is 0 Å². The molecule has 1 aliphatic heterocycles. The number of quaternary nitrogens is 1. The molecule has 0 amide bonds. The van der Waals surface area contributed by atoms with Crippen LogP contribution in [0.1, 0.15) is 40.4 Å². The molecule has 0 bridgehead atoms. The Bertz CT molecular complexity index is 952. The molecule has 2 unspecified atom stereocenters. The highest BCUT2D eigenvalue weighted by molar-refractivity contribution is 5.91. The van der Waals surface area contributed by atoms with E-state index in [9.17, 15) is 4.79 Å². The van der Waals surface area contributed by atoms with Gasteiger partial charge in [-0.05, 0) is 29.8 Å². The lowest BCUT2D eigenvalue weighted by Gasteiger charge is -2.23. The van der Waals surface area contributed by atoms with Crippen molar-refractivity contribution in [1.82, 2.24) is 0 Å². The van der Waals surface area contributed by atoms with E-state index in [1.54, 1.807) is 27.4 Å². The lowest BCUT2D eigenvalue weighted by atomic mass is 9.91. The van der Waals surface area contributed by atoms with Gasteiger partial charge >= 0.3 is 5.97 Å². The Morgan fingerprint density at radius 3 is 2.22 bits per heavy atom. The Morgan fingerprint density at radius 1 is 0.969 bits per heavy atom. The molecule has 3 rings (SSSR count). The van der Waals surface area contributed by atoms with Crippen LogP contribution in [-0.2, 0) is 4.74 Å². The second-order valence-corrected chi connectivity index (χ2v) is 8.69. The van der Waals surface area contributed by atoms with Crippen molar-refractivity contribution >= 4 is 5.97 Å². The molecule has 0 aromatic heterocycles. The number of hydrogen-bond acceptors (Lipinski definition) is 6. The molecular formula is C24H34NO7+. The van der Waals surface area contributed by atoms with Crippen LogP contribution in [0.4, 0.5) is 0 Å². The number of fused-ring (bicyclic) bond motifs is 1. The number of carbonyl (C=O) groups excluding carboxylic acids is 1. The summed E-state index contributed by atoms with van der Waals surface area (Å²) in [5, 5.41) is 0. The fraction of sp³-hybridized carbons (Fsp3) is 0.458. The smallest absolute Gasteiger partial charge is 0.338 e. The Morgan fingerprint density at radius 2 is 1.62 bits per heavy atom. The maximum atomic E-state index is 12.7. The van der Waals surface area contributed by atoms with Gasteiger partial charge in [0.25, 0.3) is 0 Å². The van der Waals surface area contributed by atoms with E-state index in [0.717, 1.165) is 22.2 Å². The standard InChI is InChI=1S/C24H32NO6.H2O/c1-15-18-12-17(24(26)30-11-10-25(2,3)4)14-21(29-7)23(18)31-22(15)16-8-9-19(27-5)20(13-16)28-6;/h8-9,12-15,22H,10-11H2,1-7H3;1H2/q+1;. The van der Waals surface area contributed by atoms with Gasteiger partial charge in [0.2, 0.25) is 0 Å². The number of likely N-dealkylation sites (N-methyl/N-ethyl adjacent to an activating group) is 1. The summed E-state index contributed by atoms with van der Waals surface area (Å²) < 4.78 is 28.8. The average Bonchev–Trinajstić information content (AvgIpc) is 3.08. The monoisotopic (exact) mass is 448 g/mol. The van der Waals surface area contributed by atoms with Gasteiger partial charge in [-0.3, -0.25) is 0 Å². The molecule has 0 saturated heterocycles. The summed E-state index contributed by atoms with van der Waals surface area (Å²) >= 11 is 0. The normalized spacial score (nSPS) is 17.0. The summed E-state index contributed by atoms with van der Waals surface area (Å²) in [6, 6.07) is 9.26. The highest BCUT2D eigenvalue weighted by Gasteiger charge is 2.36. The fourth-order valence-corrected chi connectivity index (χ4v) is 3.63. The number of rotatable bonds is 8. The molecule has 0 fully saturated rings. The first kappa shape index (κ1) is 25.3. The van der Waals surface area contributed by atoms with Crippen LogP contribution in [0.15, 0.2) is 30.3 Å². The van der Waals surface area contributed by atoms with E-state index in [0.29, 0.717) is 35.2 Å². The van der Waals surface area contributed by atoms with Gasteiger partial charge in [0.1, 0.15) is 19.3 Å². The molecule has 2 atom stereocenters. The van der Waals surface area contributed by atoms with Gasteiger partial charge in [0.05, 0.1) is 48.0 Å². The molecule has 8 nitrogen and oxygen atoms in total. The molecule has 0 aliphatic carbocycles. The molecule has 176 valence electrons. The largest absolute Gasteiger partial charge is 0.493 e. The third-order valence-electron chi connectivity index (χ3n) is 5.46. The lowest BCUT2D eigenvalue weighted by molar-refractivity contribution is -0.870. The molecule has 2 N–H and O–H groups in total. The van der Waals surface area contributed by atoms with Gasteiger partial charge < -0.3 is 33.6 Å². The number of ether oxygens (including phenoxy) is 5. The minimum atomic E-state index is -0.365. The Labute approximate surface area is 189 Å². The average molecular weight is 449 g/mol. The van der Waals surface area contributed by atoms with Gasteiger partial charge in [0, 0.05) is 11.5 Å². The summed E-state index contributed by atoms with van der Waals surface area (Å²) in [5.74, 6) is 2.10. The summed E-state index contributed by atoms with van der Waals surface area (Å²) in [5.41, 5.74) is 2.33. The summed E-state index contributed by atoms with van der Waals surface area (Å²) in [6.45, 7) is 3.15. The van der Waals surface area contributed by atoms with Crippen LogP contribution in [0.5, 0.6) is 23.0 Å². The van der Waals surface area contributed by atoms with Gasteiger partial charge in [0.15, 0.2) is 23.0 Å². The minimum Gasteiger partial charge on any atom is -0.493 e. The predicted molar refractivity (Wildman–Crippen MR) is 121 cm³/mol. The molecule has 0 spiro atoms. The maximum absolute atomic E-state index is 12.7. The highest BCUT2D eigenvalue weighted by Crippen LogP contribution is 2.51. The third-order valence-corrected chi connectivity index (χ3v) is 5.46. The van der Waals surface area contributed by atoms with Crippen molar-refractivity contribution in [2.45, 2.75) is 18.9 Å². The third kappa shape index (κ3) is 5.26. The number of esters is 1.